The molecule has 0 aromatic carbocycles. The van der Waals surface area contributed by atoms with Gasteiger partial charge in [-0.1, -0.05) is 6.08 Å². The lowest BCUT2D eigenvalue weighted by atomic mass is 10.4. The van der Waals surface area contributed by atoms with E-state index in [2.05, 4.69) is 5.32 Å². The van der Waals surface area contributed by atoms with Crippen molar-refractivity contribution in [1.82, 2.24) is 5.32 Å². The Hall–Kier alpha value is -1.25. The van der Waals surface area contributed by atoms with Crippen molar-refractivity contribution < 1.29 is 9.53 Å². The Morgan fingerprint density at radius 3 is 3.22 bits per heavy atom. The second-order valence-electron chi connectivity index (χ2n) is 1.53. The summed E-state index contributed by atoms with van der Waals surface area (Å²) in [5.41, 5.74) is 0. The predicted octanol–water partition coefficient (Wildman–Crippen LogP) is 0.160. The molecule has 9 heavy (non-hydrogen) atoms. The number of nitrogens with one attached hydrogen (secondary N) is 1. The predicted molar refractivity (Wildman–Crippen MR) is 32.4 cm³/mol. The molecule has 1 aliphatic heterocycles. The van der Waals surface area contributed by atoms with Crippen LogP contribution in [0, 0.1) is 0 Å². The minimum Gasteiger partial charge on any atom is -0.475 e. The van der Waals surface area contributed by atoms with E-state index in [1.54, 1.807) is 6.08 Å². The second kappa shape index (κ2) is 2.91. The van der Waals surface area contributed by atoms with Crippen LogP contribution in [0.2, 0.25) is 0 Å². The molecule has 0 spiro atoms. The zero-order valence-corrected chi connectivity index (χ0v) is 4.83. The van der Waals surface area contributed by atoms with Gasteiger partial charge in [0.1, 0.15) is 6.61 Å². The third-order valence-corrected chi connectivity index (χ3v) is 0.920. The summed E-state index contributed by atoms with van der Waals surface area (Å²) >= 11 is 0. The summed E-state index contributed by atoms with van der Waals surface area (Å²) in [6.07, 6.45) is 5.97. The first-order valence-electron chi connectivity index (χ1n) is 2.63. The molecular weight excluding hydrogens is 118 g/mol. The summed E-state index contributed by atoms with van der Waals surface area (Å²) in [4.78, 5) is 9.82. The molecule has 0 bridgehead atoms. The molecule has 0 unspecified atom stereocenters. The van der Waals surface area contributed by atoms with Gasteiger partial charge in [-0.05, 0) is 12.2 Å². The second-order valence-corrected chi connectivity index (χ2v) is 1.53. The molecule has 3 nitrogen and oxygen atoms in total. The molecule has 0 fully saturated rings. The highest BCUT2D eigenvalue weighted by Crippen LogP contribution is 1.97. The number of carbonyl (C=O) groups excluding carboxylic acids is 1. The van der Waals surface area contributed by atoms with Gasteiger partial charge in [-0.3, -0.25) is 10.1 Å². The molecule has 0 atom stereocenters. The lowest BCUT2D eigenvalue weighted by molar-refractivity contribution is -0.109. The fourth-order valence-corrected chi connectivity index (χ4v) is 0.545. The van der Waals surface area contributed by atoms with Crippen LogP contribution in [0.15, 0.2) is 24.1 Å². The van der Waals surface area contributed by atoms with Gasteiger partial charge in [0.2, 0.25) is 6.41 Å². The summed E-state index contributed by atoms with van der Waals surface area (Å²) in [5, 5.41) is 2.39. The Balaban J connectivity index is 2.47. The molecule has 0 aromatic rings. The summed E-state index contributed by atoms with van der Waals surface area (Å²) < 4.78 is 4.95. The number of amides is 1. The summed E-state index contributed by atoms with van der Waals surface area (Å²) in [6.45, 7) is 0.534. The molecule has 1 aliphatic rings. The monoisotopic (exact) mass is 125 g/mol. The van der Waals surface area contributed by atoms with Crippen LogP contribution in [-0.2, 0) is 9.53 Å². The van der Waals surface area contributed by atoms with Crippen LogP contribution < -0.4 is 5.32 Å². The third kappa shape index (κ3) is 1.60. The van der Waals surface area contributed by atoms with E-state index in [9.17, 15) is 4.79 Å². The van der Waals surface area contributed by atoms with Gasteiger partial charge in [0.25, 0.3) is 0 Å². The smallest absolute Gasteiger partial charge is 0.213 e. The maximum absolute atomic E-state index is 9.82. The topological polar surface area (TPSA) is 38.3 Å². The molecule has 1 rings (SSSR count). The van der Waals surface area contributed by atoms with Crippen LogP contribution in [0.3, 0.4) is 0 Å². The molecule has 1 N–H and O–H groups in total. The van der Waals surface area contributed by atoms with E-state index in [0.29, 0.717) is 18.9 Å². The van der Waals surface area contributed by atoms with Crippen LogP contribution in [-0.4, -0.2) is 13.0 Å². The maximum atomic E-state index is 9.82. The van der Waals surface area contributed by atoms with Crippen molar-refractivity contribution >= 4 is 6.41 Å². The van der Waals surface area contributed by atoms with Gasteiger partial charge < -0.3 is 4.74 Å². The van der Waals surface area contributed by atoms with E-state index in [-0.39, 0.29) is 0 Å². The summed E-state index contributed by atoms with van der Waals surface area (Å²) in [5.74, 6) is 0.507. The molecule has 0 saturated carbocycles. The normalized spacial score (nSPS) is 15.8. The Morgan fingerprint density at radius 1 is 1.78 bits per heavy atom. The molecule has 1 amide bonds. The summed E-state index contributed by atoms with van der Waals surface area (Å²) in [6, 6.07) is 0. The van der Waals surface area contributed by atoms with Crippen molar-refractivity contribution in [3.63, 3.8) is 0 Å². The van der Waals surface area contributed by atoms with Gasteiger partial charge in [0.15, 0.2) is 5.88 Å². The largest absolute Gasteiger partial charge is 0.475 e. The van der Waals surface area contributed by atoms with E-state index in [1.165, 1.54) is 0 Å². The highest BCUT2D eigenvalue weighted by Gasteiger charge is 1.94. The van der Waals surface area contributed by atoms with E-state index in [0.717, 1.165) is 0 Å². The number of rotatable bonds is 2. The molecule has 0 aromatic heterocycles. The Morgan fingerprint density at radius 2 is 2.67 bits per heavy atom. The molecule has 1 heterocycles. The van der Waals surface area contributed by atoms with Crippen molar-refractivity contribution in [2.75, 3.05) is 6.61 Å². The van der Waals surface area contributed by atoms with Gasteiger partial charge in [-0.2, -0.15) is 0 Å². The highest BCUT2D eigenvalue weighted by molar-refractivity contribution is 5.49. The first kappa shape index (κ1) is 5.88. The number of ether oxygens (including phenoxy) is 1. The fourth-order valence-electron chi connectivity index (χ4n) is 0.545. The van der Waals surface area contributed by atoms with Gasteiger partial charge >= 0.3 is 0 Å². The van der Waals surface area contributed by atoms with Gasteiger partial charge in [-0.25, -0.2) is 0 Å². The summed E-state index contributed by atoms with van der Waals surface area (Å²) in [7, 11) is 0. The average Bonchev–Trinajstić information content (AvgIpc) is 1.91. The standard InChI is InChI=1S/C6H7NO2/c8-5-7-6-3-1-2-4-9-6/h1-3,5H,4H2,(H,7,8). The van der Waals surface area contributed by atoms with Crippen LogP contribution in [0.4, 0.5) is 0 Å². The van der Waals surface area contributed by atoms with Gasteiger partial charge in [-0.15, -0.1) is 0 Å². The van der Waals surface area contributed by atoms with Crippen LogP contribution in [0.5, 0.6) is 0 Å². The number of hydrogen-bond donors (Lipinski definition) is 1. The molecule has 0 saturated heterocycles. The SMILES string of the molecule is O=CNC1=CC=CCO1. The maximum Gasteiger partial charge on any atom is 0.213 e. The lowest BCUT2D eigenvalue weighted by Gasteiger charge is -2.07. The van der Waals surface area contributed by atoms with E-state index in [4.69, 9.17) is 4.74 Å². The molecule has 48 valence electrons. The minimum atomic E-state index is 0.507. The van der Waals surface area contributed by atoms with Crippen LogP contribution in [0.25, 0.3) is 0 Å². The number of allylic oxidation sites excluding steroid dienone is 2. The first-order valence-corrected chi connectivity index (χ1v) is 2.63. The van der Waals surface area contributed by atoms with E-state index in [1.807, 2.05) is 12.2 Å². The average molecular weight is 125 g/mol. The van der Waals surface area contributed by atoms with Crippen molar-refractivity contribution in [3.8, 4) is 0 Å². The number of hydrogen-bond acceptors (Lipinski definition) is 2. The zero-order valence-electron chi connectivity index (χ0n) is 4.83. The van der Waals surface area contributed by atoms with Crippen molar-refractivity contribution in [2.45, 2.75) is 0 Å². The molecule has 0 radical (unpaired) electrons. The third-order valence-electron chi connectivity index (χ3n) is 0.920. The van der Waals surface area contributed by atoms with Crippen molar-refractivity contribution in [1.29, 1.82) is 0 Å². The van der Waals surface area contributed by atoms with Crippen molar-refractivity contribution in [2.24, 2.45) is 0 Å². The van der Waals surface area contributed by atoms with Crippen LogP contribution in [0.1, 0.15) is 0 Å². The Kier molecular flexibility index (Phi) is 1.90. The molecule has 3 heteroatoms. The van der Waals surface area contributed by atoms with Gasteiger partial charge in [0, 0.05) is 0 Å². The van der Waals surface area contributed by atoms with Crippen LogP contribution >= 0.6 is 0 Å². The van der Waals surface area contributed by atoms with Crippen molar-refractivity contribution in [3.05, 3.63) is 24.1 Å². The van der Waals surface area contributed by atoms with Gasteiger partial charge in [0.05, 0.1) is 0 Å². The van der Waals surface area contributed by atoms with E-state index < -0.39 is 0 Å². The minimum absolute atomic E-state index is 0.507. The molecular formula is C6H7NO2. The lowest BCUT2D eigenvalue weighted by Crippen LogP contribution is -2.14. The zero-order chi connectivity index (χ0) is 6.53. The molecule has 0 aliphatic carbocycles. The fraction of sp³-hybridized carbons (Fsp3) is 0.167. The number of carbonyl (C=O) groups is 1. The quantitative estimate of drug-likeness (QED) is 0.534. The Labute approximate surface area is 53.0 Å². The van der Waals surface area contributed by atoms with E-state index >= 15 is 0 Å². The Bertz CT molecular complexity index is 160. The highest BCUT2D eigenvalue weighted by atomic mass is 16.5. The first-order chi connectivity index (χ1) is 4.43.